The van der Waals surface area contributed by atoms with Crippen LogP contribution in [0.1, 0.15) is 13.8 Å². The second-order valence-corrected chi connectivity index (χ2v) is 8.53. The van der Waals surface area contributed by atoms with Crippen molar-refractivity contribution >= 4 is 33.2 Å². The van der Waals surface area contributed by atoms with E-state index in [1.165, 1.54) is 23.1 Å². The van der Waals surface area contributed by atoms with E-state index < -0.39 is 10.0 Å². The number of hydrogen-bond acceptors (Lipinski definition) is 2. The highest BCUT2D eigenvalue weighted by molar-refractivity contribution is 7.89. The lowest BCUT2D eigenvalue weighted by Gasteiger charge is -2.26. The molecule has 4 nitrogen and oxygen atoms in total. The Hall–Kier alpha value is -0.0400. The highest BCUT2D eigenvalue weighted by Gasteiger charge is 2.25. The van der Waals surface area contributed by atoms with Crippen LogP contribution in [0.15, 0.2) is 23.1 Å². The van der Waals surface area contributed by atoms with Gasteiger partial charge in [-0.05, 0) is 18.2 Å². The zero-order valence-corrected chi connectivity index (χ0v) is 15.6. The Kier molecular flexibility index (Phi) is 7.98. The van der Waals surface area contributed by atoms with E-state index in [-0.39, 0.29) is 27.7 Å². The van der Waals surface area contributed by atoms with Crippen LogP contribution in [-0.4, -0.2) is 35.6 Å². The molecule has 2 N–H and O–H groups in total. The van der Waals surface area contributed by atoms with Gasteiger partial charge in [0, 0.05) is 12.0 Å². The molecular formula is C13H21Cl3N2O2S. The molecule has 0 aromatic heterocycles. The Labute approximate surface area is 143 Å². The topological polar surface area (TPSA) is 50.6 Å². The zero-order chi connectivity index (χ0) is 15.6. The van der Waals surface area contributed by atoms with E-state index in [9.17, 15) is 8.42 Å². The Morgan fingerprint density at radius 3 is 2.24 bits per heavy atom. The maximum atomic E-state index is 12.2. The molecule has 0 amide bonds. The van der Waals surface area contributed by atoms with Gasteiger partial charge in [0.2, 0.25) is 10.0 Å². The minimum absolute atomic E-state index is 0. The van der Waals surface area contributed by atoms with Gasteiger partial charge < -0.3 is 17.3 Å². The predicted molar refractivity (Wildman–Crippen MR) is 83.1 cm³/mol. The number of rotatable bonds is 6. The molecule has 0 radical (unpaired) electrons. The maximum absolute atomic E-state index is 12.2. The van der Waals surface area contributed by atoms with Crippen LogP contribution in [0.5, 0.6) is 0 Å². The van der Waals surface area contributed by atoms with Crippen LogP contribution in [-0.2, 0) is 10.0 Å². The lowest BCUT2D eigenvalue weighted by Crippen LogP contribution is -3.07. The van der Waals surface area contributed by atoms with Gasteiger partial charge in [-0.1, -0.05) is 37.0 Å². The maximum Gasteiger partial charge on any atom is 0.240 e. The standard InChI is InChI=1S/C13H20Cl2N2O2S.ClH/c1-13(2,9-17(3)4)8-16-20(18,19)10-5-6-11(14)12(15)7-10;/h5-7,16H,8-9H2,1-4H3;1H. The number of benzene rings is 1. The summed E-state index contributed by atoms with van der Waals surface area (Å²) in [7, 11) is 0.503. The van der Waals surface area contributed by atoms with Gasteiger partial charge in [0.25, 0.3) is 0 Å². The number of halogens is 3. The summed E-state index contributed by atoms with van der Waals surface area (Å²) in [6.07, 6.45) is 0. The summed E-state index contributed by atoms with van der Waals surface area (Å²) in [5.74, 6) is 0. The highest BCUT2D eigenvalue weighted by atomic mass is 35.5. The molecule has 0 saturated carbocycles. The van der Waals surface area contributed by atoms with Crippen LogP contribution in [0.2, 0.25) is 10.0 Å². The van der Waals surface area contributed by atoms with Crippen molar-refractivity contribution in [3.8, 4) is 0 Å². The summed E-state index contributed by atoms with van der Waals surface area (Å²) in [5.41, 5.74) is -0.137. The van der Waals surface area contributed by atoms with Crippen molar-refractivity contribution in [2.75, 3.05) is 27.2 Å². The van der Waals surface area contributed by atoms with Gasteiger partial charge in [-0.3, -0.25) is 0 Å². The fourth-order valence-electron chi connectivity index (χ4n) is 2.04. The van der Waals surface area contributed by atoms with Crippen molar-refractivity contribution < 1.29 is 25.7 Å². The van der Waals surface area contributed by atoms with Crippen LogP contribution < -0.4 is 22.0 Å². The largest absolute Gasteiger partial charge is 1.00 e. The molecule has 0 atom stereocenters. The molecule has 0 spiro atoms. The van der Waals surface area contributed by atoms with Crippen molar-refractivity contribution in [2.45, 2.75) is 18.7 Å². The summed E-state index contributed by atoms with van der Waals surface area (Å²) < 4.78 is 27.0. The summed E-state index contributed by atoms with van der Waals surface area (Å²) in [5, 5.41) is 0.564. The highest BCUT2D eigenvalue weighted by Crippen LogP contribution is 2.25. The Morgan fingerprint density at radius 2 is 1.76 bits per heavy atom. The first-order valence-corrected chi connectivity index (χ1v) is 8.51. The van der Waals surface area contributed by atoms with Gasteiger partial charge in [-0.2, -0.15) is 0 Å². The summed E-state index contributed by atoms with van der Waals surface area (Å²) >= 11 is 11.6. The first kappa shape index (κ1) is 21.0. The second-order valence-electron chi connectivity index (χ2n) is 5.95. The summed E-state index contributed by atoms with van der Waals surface area (Å²) in [6.45, 7) is 5.27. The Morgan fingerprint density at radius 1 is 1.19 bits per heavy atom. The fraction of sp³-hybridized carbons (Fsp3) is 0.538. The zero-order valence-electron chi connectivity index (χ0n) is 12.5. The molecule has 122 valence electrons. The third-order valence-electron chi connectivity index (χ3n) is 2.77. The van der Waals surface area contributed by atoms with E-state index >= 15 is 0 Å². The van der Waals surface area contributed by atoms with Crippen molar-refractivity contribution in [1.29, 1.82) is 0 Å². The van der Waals surface area contributed by atoms with Crippen molar-refractivity contribution in [3.63, 3.8) is 0 Å². The number of quaternary nitrogens is 1. The van der Waals surface area contributed by atoms with E-state index in [1.54, 1.807) is 0 Å². The Bertz CT molecular complexity index is 575. The molecular weight excluding hydrogens is 355 g/mol. The van der Waals surface area contributed by atoms with Crippen LogP contribution in [0.4, 0.5) is 0 Å². The smallest absolute Gasteiger partial charge is 0.240 e. The normalized spacial score (nSPS) is 12.3. The van der Waals surface area contributed by atoms with Crippen molar-refractivity contribution in [1.82, 2.24) is 4.72 Å². The summed E-state index contributed by atoms with van der Waals surface area (Å²) in [4.78, 5) is 1.39. The van der Waals surface area contributed by atoms with Gasteiger partial charge in [-0.15, -0.1) is 0 Å². The van der Waals surface area contributed by atoms with Gasteiger partial charge in [0.15, 0.2) is 0 Å². The van der Waals surface area contributed by atoms with Gasteiger partial charge >= 0.3 is 0 Å². The number of sulfonamides is 1. The predicted octanol–water partition coefficient (Wildman–Crippen LogP) is -1.55. The minimum Gasteiger partial charge on any atom is -1.00 e. The van der Waals surface area contributed by atoms with Crippen LogP contribution in [0.25, 0.3) is 0 Å². The molecule has 8 heteroatoms. The van der Waals surface area contributed by atoms with E-state index in [2.05, 4.69) is 4.72 Å². The molecule has 0 aliphatic carbocycles. The van der Waals surface area contributed by atoms with E-state index in [1.807, 2.05) is 27.9 Å². The Balaban J connectivity index is 0.00000400. The molecule has 0 heterocycles. The molecule has 0 aliphatic heterocycles. The van der Waals surface area contributed by atoms with Crippen LogP contribution in [0, 0.1) is 5.41 Å². The van der Waals surface area contributed by atoms with Crippen LogP contribution >= 0.6 is 23.2 Å². The lowest BCUT2D eigenvalue weighted by molar-refractivity contribution is -0.865. The fourth-order valence-corrected chi connectivity index (χ4v) is 3.67. The van der Waals surface area contributed by atoms with Gasteiger partial charge in [0.05, 0.1) is 35.6 Å². The quantitative estimate of drug-likeness (QED) is 0.632. The van der Waals surface area contributed by atoms with Gasteiger partial charge in [-0.25, -0.2) is 13.1 Å². The van der Waals surface area contributed by atoms with Crippen LogP contribution in [0.3, 0.4) is 0 Å². The average Bonchev–Trinajstić information content (AvgIpc) is 2.29. The molecule has 0 bridgehead atoms. The molecule has 0 saturated heterocycles. The molecule has 1 aromatic rings. The number of nitrogens with one attached hydrogen (secondary N) is 2. The first-order valence-electron chi connectivity index (χ1n) is 6.27. The van der Waals surface area contributed by atoms with Crippen molar-refractivity contribution in [2.24, 2.45) is 5.41 Å². The third-order valence-corrected chi connectivity index (χ3v) is 4.91. The first-order chi connectivity index (χ1) is 9.03. The second kappa shape index (κ2) is 7.99. The van der Waals surface area contributed by atoms with E-state index in [0.717, 1.165) is 6.54 Å². The van der Waals surface area contributed by atoms with E-state index in [0.29, 0.717) is 11.6 Å². The van der Waals surface area contributed by atoms with Gasteiger partial charge in [0.1, 0.15) is 0 Å². The van der Waals surface area contributed by atoms with Crippen molar-refractivity contribution in [3.05, 3.63) is 28.2 Å². The average molecular weight is 376 g/mol. The lowest BCUT2D eigenvalue weighted by atomic mass is 9.93. The monoisotopic (exact) mass is 374 g/mol. The molecule has 0 aliphatic rings. The molecule has 21 heavy (non-hydrogen) atoms. The SMILES string of the molecule is C[NH+](C)CC(C)(C)CNS(=O)(=O)c1ccc(Cl)c(Cl)c1.[Cl-]. The minimum atomic E-state index is -3.57. The molecule has 0 unspecified atom stereocenters. The van der Waals surface area contributed by atoms with E-state index in [4.69, 9.17) is 23.2 Å². The molecule has 0 fully saturated rings. The third kappa shape index (κ3) is 6.72. The molecule has 1 rings (SSSR count). The number of hydrogen-bond donors (Lipinski definition) is 2. The summed E-state index contributed by atoms with van der Waals surface area (Å²) in [6, 6.07) is 4.28. The molecule has 1 aromatic carbocycles.